The summed E-state index contributed by atoms with van der Waals surface area (Å²) in [6.45, 7) is 4.10. The SMILES string of the molecule is COc1ccc(CCC(=O)N(Cc2nc3ccccc3c(=O)[nH]2)C(C)C)c(OC)c1OC. The molecule has 1 N–H and O–H groups in total. The predicted molar refractivity (Wildman–Crippen MR) is 122 cm³/mol. The first-order valence-electron chi connectivity index (χ1n) is 10.4. The normalized spacial score (nSPS) is 10.9. The van der Waals surface area contributed by atoms with Crippen LogP contribution in [0.1, 0.15) is 31.7 Å². The Bertz CT molecular complexity index is 1160. The number of hydrogen-bond acceptors (Lipinski definition) is 6. The van der Waals surface area contributed by atoms with Crippen molar-refractivity contribution in [3.63, 3.8) is 0 Å². The summed E-state index contributed by atoms with van der Waals surface area (Å²) < 4.78 is 16.3. The molecular weight excluding hydrogens is 410 g/mol. The van der Waals surface area contributed by atoms with Gasteiger partial charge in [-0.2, -0.15) is 0 Å². The largest absolute Gasteiger partial charge is 0.493 e. The van der Waals surface area contributed by atoms with E-state index in [-0.39, 0.29) is 30.5 Å². The van der Waals surface area contributed by atoms with Gasteiger partial charge in [0, 0.05) is 12.5 Å². The Balaban J connectivity index is 1.79. The topological polar surface area (TPSA) is 93.8 Å². The van der Waals surface area contributed by atoms with Gasteiger partial charge < -0.3 is 24.1 Å². The third-order valence-corrected chi connectivity index (χ3v) is 5.32. The minimum atomic E-state index is -0.211. The summed E-state index contributed by atoms with van der Waals surface area (Å²) >= 11 is 0. The van der Waals surface area contributed by atoms with Crippen LogP contribution in [0.15, 0.2) is 41.2 Å². The highest BCUT2D eigenvalue weighted by Crippen LogP contribution is 2.40. The maximum absolute atomic E-state index is 13.1. The first kappa shape index (κ1) is 23.1. The highest BCUT2D eigenvalue weighted by Gasteiger charge is 2.21. The van der Waals surface area contributed by atoms with Crippen LogP contribution in [0.4, 0.5) is 0 Å². The number of rotatable bonds is 9. The van der Waals surface area contributed by atoms with E-state index in [0.29, 0.717) is 40.4 Å². The van der Waals surface area contributed by atoms with Gasteiger partial charge in [0.25, 0.3) is 5.56 Å². The van der Waals surface area contributed by atoms with Crippen molar-refractivity contribution in [2.45, 2.75) is 39.3 Å². The third-order valence-electron chi connectivity index (χ3n) is 5.32. The summed E-state index contributed by atoms with van der Waals surface area (Å²) in [5.74, 6) is 2.02. The molecule has 0 aliphatic rings. The number of amides is 1. The van der Waals surface area contributed by atoms with Crippen molar-refractivity contribution in [2.24, 2.45) is 0 Å². The van der Waals surface area contributed by atoms with Crippen LogP contribution in [-0.2, 0) is 17.8 Å². The van der Waals surface area contributed by atoms with E-state index in [9.17, 15) is 9.59 Å². The quantitative estimate of drug-likeness (QED) is 0.550. The minimum Gasteiger partial charge on any atom is -0.493 e. The Morgan fingerprint density at radius 3 is 2.41 bits per heavy atom. The lowest BCUT2D eigenvalue weighted by atomic mass is 10.1. The molecule has 0 spiro atoms. The predicted octanol–water partition coefficient (Wildman–Crippen LogP) is 3.32. The standard InChI is InChI=1S/C24H29N3O5/c1-15(2)27(14-20-25-18-9-7-6-8-17(18)24(29)26-20)21(28)13-11-16-10-12-19(30-3)23(32-5)22(16)31-4/h6-10,12,15H,11,13-14H2,1-5H3,(H,25,26,29). The Labute approximate surface area is 187 Å². The number of aryl methyl sites for hydroxylation is 1. The molecule has 32 heavy (non-hydrogen) atoms. The van der Waals surface area contributed by atoms with Crippen molar-refractivity contribution in [3.05, 3.63) is 58.1 Å². The first-order chi connectivity index (χ1) is 15.4. The lowest BCUT2D eigenvalue weighted by Gasteiger charge is -2.26. The Kier molecular flexibility index (Phi) is 7.35. The zero-order valence-corrected chi connectivity index (χ0v) is 19.1. The summed E-state index contributed by atoms with van der Waals surface area (Å²) in [7, 11) is 4.67. The molecule has 8 heteroatoms. The molecule has 1 amide bonds. The highest BCUT2D eigenvalue weighted by atomic mass is 16.5. The number of H-pyrrole nitrogens is 1. The number of carbonyl (C=O) groups is 1. The molecule has 2 aromatic carbocycles. The van der Waals surface area contributed by atoms with E-state index in [0.717, 1.165) is 5.56 Å². The summed E-state index contributed by atoms with van der Waals surface area (Å²) in [6, 6.07) is 10.8. The number of benzene rings is 2. The summed E-state index contributed by atoms with van der Waals surface area (Å²) in [4.78, 5) is 34.5. The van der Waals surface area contributed by atoms with Gasteiger partial charge in [-0.15, -0.1) is 0 Å². The van der Waals surface area contributed by atoms with Gasteiger partial charge in [0.15, 0.2) is 11.5 Å². The molecule has 0 radical (unpaired) electrons. The maximum Gasteiger partial charge on any atom is 0.258 e. The molecule has 0 atom stereocenters. The average Bonchev–Trinajstić information content (AvgIpc) is 2.79. The number of ether oxygens (including phenoxy) is 3. The van der Waals surface area contributed by atoms with Gasteiger partial charge in [-0.25, -0.2) is 4.98 Å². The van der Waals surface area contributed by atoms with Crippen molar-refractivity contribution < 1.29 is 19.0 Å². The van der Waals surface area contributed by atoms with E-state index < -0.39 is 0 Å². The van der Waals surface area contributed by atoms with Crippen LogP contribution >= 0.6 is 0 Å². The molecule has 170 valence electrons. The second-order valence-corrected chi connectivity index (χ2v) is 7.64. The van der Waals surface area contributed by atoms with Gasteiger partial charge in [-0.05, 0) is 44.0 Å². The number of methoxy groups -OCH3 is 3. The molecule has 0 fully saturated rings. The van der Waals surface area contributed by atoms with E-state index in [4.69, 9.17) is 14.2 Å². The van der Waals surface area contributed by atoms with Gasteiger partial charge in [0.2, 0.25) is 11.7 Å². The number of hydrogen-bond donors (Lipinski definition) is 1. The fourth-order valence-corrected chi connectivity index (χ4v) is 3.68. The average molecular weight is 440 g/mol. The number of para-hydroxylation sites is 1. The molecule has 0 saturated heterocycles. The van der Waals surface area contributed by atoms with Crippen molar-refractivity contribution >= 4 is 16.8 Å². The smallest absolute Gasteiger partial charge is 0.258 e. The van der Waals surface area contributed by atoms with Gasteiger partial charge >= 0.3 is 0 Å². The number of nitrogens with one attached hydrogen (secondary N) is 1. The second kappa shape index (κ2) is 10.2. The van der Waals surface area contributed by atoms with E-state index in [1.165, 1.54) is 0 Å². The molecule has 1 aromatic heterocycles. The Morgan fingerprint density at radius 2 is 1.75 bits per heavy atom. The van der Waals surface area contributed by atoms with Crippen LogP contribution in [-0.4, -0.2) is 48.1 Å². The molecule has 8 nitrogen and oxygen atoms in total. The van der Waals surface area contributed by atoms with E-state index in [1.807, 2.05) is 26.0 Å². The Morgan fingerprint density at radius 1 is 1.03 bits per heavy atom. The lowest BCUT2D eigenvalue weighted by molar-refractivity contribution is -0.133. The van der Waals surface area contributed by atoms with E-state index in [1.54, 1.807) is 50.5 Å². The zero-order valence-electron chi connectivity index (χ0n) is 19.1. The molecule has 0 unspecified atom stereocenters. The van der Waals surface area contributed by atoms with Crippen LogP contribution in [0.2, 0.25) is 0 Å². The molecule has 0 saturated carbocycles. The second-order valence-electron chi connectivity index (χ2n) is 7.64. The number of aromatic amines is 1. The maximum atomic E-state index is 13.1. The van der Waals surface area contributed by atoms with Gasteiger partial charge in [0.1, 0.15) is 5.82 Å². The molecule has 0 aliphatic carbocycles. The van der Waals surface area contributed by atoms with Crippen molar-refractivity contribution in [3.8, 4) is 17.2 Å². The first-order valence-corrected chi connectivity index (χ1v) is 10.4. The van der Waals surface area contributed by atoms with Crippen molar-refractivity contribution in [1.29, 1.82) is 0 Å². The van der Waals surface area contributed by atoms with Crippen LogP contribution in [0, 0.1) is 0 Å². The summed E-state index contributed by atoms with van der Waals surface area (Å²) in [6.07, 6.45) is 0.731. The van der Waals surface area contributed by atoms with Crippen LogP contribution in [0.5, 0.6) is 17.2 Å². The van der Waals surface area contributed by atoms with Crippen LogP contribution in [0.3, 0.4) is 0 Å². The number of fused-ring (bicyclic) bond motifs is 1. The molecule has 3 rings (SSSR count). The number of carbonyl (C=O) groups excluding carboxylic acids is 1. The minimum absolute atomic E-state index is 0.0485. The molecule has 0 aliphatic heterocycles. The van der Waals surface area contributed by atoms with Gasteiger partial charge in [-0.1, -0.05) is 18.2 Å². The highest BCUT2D eigenvalue weighted by molar-refractivity contribution is 5.78. The fourth-order valence-electron chi connectivity index (χ4n) is 3.68. The molecular formula is C24H29N3O5. The molecule has 0 bridgehead atoms. The van der Waals surface area contributed by atoms with E-state index in [2.05, 4.69) is 9.97 Å². The Hall–Kier alpha value is -3.55. The lowest BCUT2D eigenvalue weighted by Crippen LogP contribution is -2.37. The molecule has 3 aromatic rings. The van der Waals surface area contributed by atoms with Gasteiger partial charge in [0.05, 0.1) is 38.8 Å². The third kappa shape index (κ3) is 4.85. The summed E-state index contributed by atoms with van der Waals surface area (Å²) in [5.41, 5.74) is 1.24. The van der Waals surface area contributed by atoms with Crippen LogP contribution < -0.4 is 19.8 Å². The van der Waals surface area contributed by atoms with Crippen molar-refractivity contribution in [1.82, 2.24) is 14.9 Å². The van der Waals surface area contributed by atoms with Crippen LogP contribution in [0.25, 0.3) is 10.9 Å². The van der Waals surface area contributed by atoms with Gasteiger partial charge in [-0.3, -0.25) is 9.59 Å². The summed E-state index contributed by atoms with van der Waals surface area (Å²) in [5, 5.41) is 0.527. The number of nitrogens with zero attached hydrogens (tertiary/aromatic N) is 2. The van der Waals surface area contributed by atoms with E-state index >= 15 is 0 Å². The zero-order chi connectivity index (χ0) is 23.3. The molecule has 1 heterocycles. The van der Waals surface area contributed by atoms with Crippen molar-refractivity contribution in [2.75, 3.05) is 21.3 Å². The monoisotopic (exact) mass is 439 g/mol. The number of aromatic nitrogens is 2. The fraction of sp³-hybridized carbons (Fsp3) is 0.375.